The van der Waals surface area contributed by atoms with E-state index < -0.39 is 0 Å². The normalized spacial score (nSPS) is 11.4. The number of rotatable bonds is 4. The van der Waals surface area contributed by atoms with Crippen molar-refractivity contribution < 1.29 is 9.84 Å². The fourth-order valence-corrected chi connectivity index (χ4v) is 0.830. The van der Waals surface area contributed by atoms with Crippen molar-refractivity contribution in [1.82, 2.24) is 4.98 Å². The van der Waals surface area contributed by atoms with E-state index in [4.69, 9.17) is 15.6 Å². The lowest BCUT2D eigenvalue weighted by Crippen LogP contribution is -2.25. The first-order valence-corrected chi connectivity index (χ1v) is 4.48. The van der Waals surface area contributed by atoms with E-state index in [-0.39, 0.29) is 12.0 Å². The first-order valence-electron chi connectivity index (χ1n) is 4.48. The molecule has 78 valence electrons. The number of hydrogen-bond acceptors (Lipinski definition) is 4. The van der Waals surface area contributed by atoms with E-state index >= 15 is 0 Å². The second-order valence-electron chi connectivity index (χ2n) is 4.02. The molecular weight excluding hydrogens is 180 g/mol. The number of nitrogen functional groups attached to an aromatic ring is 1. The molecule has 1 heterocycles. The predicted molar refractivity (Wildman–Crippen MR) is 55.0 cm³/mol. The van der Waals surface area contributed by atoms with Crippen molar-refractivity contribution in [2.75, 3.05) is 18.9 Å². The second-order valence-corrected chi connectivity index (χ2v) is 4.02. The molecule has 0 saturated carbocycles. The third-order valence-corrected chi connectivity index (χ3v) is 1.86. The second kappa shape index (κ2) is 4.28. The van der Waals surface area contributed by atoms with Gasteiger partial charge in [-0.2, -0.15) is 0 Å². The van der Waals surface area contributed by atoms with Crippen LogP contribution in [0.15, 0.2) is 18.5 Å². The molecule has 0 unspecified atom stereocenters. The maximum atomic E-state index is 9.01. The van der Waals surface area contributed by atoms with Gasteiger partial charge in [0.05, 0.1) is 25.1 Å². The standard InChI is InChI=1S/C10H16N2O2/c1-10(2,6-13)7-14-9-5-12-4-3-8(9)11/h3-5,13H,6-7H2,1-2H3,(H2,11,12). The van der Waals surface area contributed by atoms with Crippen molar-refractivity contribution in [3.63, 3.8) is 0 Å². The number of ether oxygens (including phenoxy) is 1. The van der Waals surface area contributed by atoms with Crippen molar-refractivity contribution in [3.8, 4) is 5.75 Å². The van der Waals surface area contributed by atoms with Crippen LogP contribution in [-0.2, 0) is 0 Å². The van der Waals surface area contributed by atoms with E-state index in [0.717, 1.165) is 0 Å². The van der Waals surface area contributed by atoms with E-state index in [0.29, 0.717) is 18.0 Å². The summed E-state index contributed by atoms with van der Waals surface area (Å²) in [7, 11) is 0. The fraction of sp³-hybridized carbons (Fsp3) is 0.500. The maximum Gasteiger partial charge on any atom is 0.160 e. The van der Waals surface area contributed by atoms with Crippen LogP contribution in [0.2, 0.25) is 0 Å². The van der Waals surface area contributed by atoms with E-state index in [1.165, 1.54) is 0 Å². The summed E-state index contributed by atoms with van der Waals surface area (Å²) in [5.74, 6) is 0.564. The van der Waals surface area contributed by atoms with Gasteiger partial charge in [-0.1, -0.05) is 13.8 Å². The number of anilines is 1. The molecule has 4 nitrogen and oxygen atoms in total. The summed E-state index contributed by atoms with van der Waals surface area (Å²) in [6.45, 7) is 4.33. The molecule has 0 aromatic carbocycles. The summed E-state index contributed by atoms with van der Waals surface area (Å²) in [6, 6.07) is 1.68. The molecule has 1 aromatic rings. The van der Waals surface area contributed by atoms with Crippen molar-refractivity contribution in [2.45, 2.75) is 13.8 Å². The Hall–Kier alpha value is -1.29. The van der Waals surface area contributed by atoms with Gasteiger partial charge < -0.3 is 15.6 Å². The average Bonchev–Trinajstić information content (AvgIpc) is 2.17. The third-order valence-electron chi connectivity index (χ3n) is 1.86. The van der Waals surface area contributed by atoms with Crippen LogP contribution in [0.1, 0.15) is 13.8 Å². The maximum absolute atomic E-state index is 9.01. The molecule has 1 rings (SSSR count). The summed E-state index contributed by atoms with van der Waals surface area (Å²) in [4.78, 5) is 3.90. The lowest BCUT2D eigenvalue weighted by molar-refractivity contribution is 0.0977. The van der Waals surface area contributed by atoms with Crippen LogP contribution in [0.5, 0.6) is 5.75 Å². The number of aromatic nitrogens is 1. The summed E-state index contributed by atoms with van der Waals surface area (Å²) >= 11 is 0. The van der Waals surface area contributed by atoms with Gasteiger partial charge in [0.1, 0.15) is 0 Å². The molecule has 0 fully saturated rings. The minimum absolute atomic E-state index is 0.0766. The summed E-state index contributed by atoms with van der Waals surface area (Å²) in [5.41, 5.74) is 5.97. The van der Waals surface area contributed by atoms with Crippen molar-refractivity contribution >= 4 is 5.69 Å². The monoisotopic (exact) mass is 196 g/mol. The summed E-state index contributed by atoms with van der Waals surface area (Å²) < 4.78 is 5.44. The number of nitrogens with zero attached hydrogens (tertiary/aromatic N) is 1. The van der Waals surface area contributed by atoms with Gasteiger partial charge in [-0.3, -0.25) is 4.98 Å². The Morgan fingerprint density at radius 2 is 2.29 bits per heavy atom. The van der Waals surface area contributed by atoms with Crippen LogP contribution in [0.4, 0.5) is 5.69 Å². The summed E-state index contributed by atoms with van der Waals surface area (Å²) in [6.07, 6.45) is 3.18. The fourth-order valence-electron chi connectivity index (χ4n) is 0.830. The lowest BCUT2D eigenvalue weighted by atomic mass is 9.97. The largest absolute Gasteiger partial charge is 0.489 e. The van der Waals surface area contributed by atoms with Gasteiger partial charge in [0, 0.05) is 11.6 Å². The highest BCUT2D eigenvalue weighted by atomic mass is 16.5. The predicted octanol–water partition coefficient (Wildman–Crippen LogP) is 1.06. The van der Waals surface area contributed by atoms with Gasteiger partial charge in [-0.05, 0) is 6.07 Å². The molecule has 0 aliphatic carbocycles. The first kappa shape index (κ1) is 10.8. The lowest BCUT2D eigenvalue weighted by Gasteiger charge is -2.21. The van der Waals surface area contributed by atoms with Gasteiger partial charge in [-0.15, -0.1) is 0 Å². The number of nitrogens with two attached hydrogens (primary N) is 1. The van der Waals surface area contributed by atoms with Crippen LogP contribution < -0.4 is 10.5 Å². The molecule has 14 heavy (non-hydrogen) atoms. The minimum atomic E-state index is -0.262. The molecule has 4 heteroatoms. The zero-order chi connectivity index (χ0) is 10.6. The smallest absolute Gasteiger partial charge is 0.160 e. The Balaban J connectivity index is 2.58. The Kier molecular flexibility index (Phi) is 3.30. The third kappa shape index (κ3) is 2.88. The quantitative estimate of drug-likeness (QED) is 0.755. The Morgan fingerprint density at radius 1 is 1.57 bits per heavy atom. The van der Waals surface area contributed by atoms with E-state index in [2.05, 4.69) is 4.98 Å². The van der Waals surface area contributed by atoms with Gasteiger partial charge in [-0.25, -0.2) is 0 Å². The van der Waals surface area contributed by atoms with Gasteiger partial charge in [0.25, 0.3) is 0 Å². The molecule has 0 radical (unpaired) electrons. The van der Waals surface area contributed by atoms with Crippen LogP contribution >= 0.6 is 0 Å². The number of aliphatic hydroxyl groups excluding tert-OH is 1. The zero-order valence-electron chi connectivity index (χ0n) is 8.53. The molecule has 3 N–H and O–H groups in total. The van der Waals surface area contributed by atoms with E-state index in [1.54, 1.807) is 18.5 Å². The number of aliphatic hydroxyl groups is 1. The molecule has 0 aliphatic rings. The molecule has 0 atom stereocenters. The molecule has 0 amide bonds. The van der Waals surface area contributed by atoms with Crippen LogP contribution in [0.3, 0.4) is 0 Å². The van der Waals surface area contributed by atoms with Crippen molar-refractivity contribution in [3.05, 3.63) is 18.5 Å². The molecule has 1 aromatic heterocycles. The van der Waals surface area contributed by atoms with Crippen LogP contribution in [0, 0.1) is 5.41 Å². The van der Waals surface area contributed by atoms with Gasteiger partial charge >= 0.3 is 0 Å². The zero-order valence-corrected chi connectivity index (χ0v) is 8.53. The molecule has 0 aliphatic heterocycles. The van der Waals surface area contributed by atoms with Crippen molar-refractivity contribution in [2.24, 2.45) is 5.41 Å². The molecular formula is C10H16N2O2. The minimum Gasteiger partial charge on any atom is -0.489 e. The average molecular weight is 196 g/mol. The molecule has 0 spiro atoms. The van der Waals surface area contributed by atoms with Crippen molar-refractivity contribution in [1.29, 1.82) is 0 Å². The number of hydrogen-bond donors (Lipinski definition) is 2. The number of pyridine rings is 1. The molecule has 0 saturated heterocycles. The Morgan fingerprint density at radius 3 is 2.86 bits per heavy atom. The van der Waals surface area contributed by atoms with Crippen LogP contribution in [-0.4, -0.2) is 23.3 Å². The highest BCUT2D eigenvalue weighted by molar-refractivity contribution is 5.49. The van der Waals surface area contributed by atoms with E-state index in [9.17, 15) is 0 Å². The Bertz CT molecular complexity index is 300. The molecule has 0 bridgehead atoms. The highest BCUT2D eigenvalue weighted by Gasteiger charge is 2.17. The van der Waals surface area contributed by atoms with Gasteiger partial charge in [0.15, 0.2) is 5.75 Å². The van der Waals surface area contributed by atoms with Gasteiger partial charge in [0.2, 0.25) is 0 Å². The summed E-state index contributed by atoms with van der Waals surface area (Å²) in [5, 5.41) is 9.01. The Labute approximate surface area is 83.7 Å². The van der Waals surface area contributed by atoms with Crippen LogP contribution in [0.25, 0.3) is 0 Å². The first-order chi connectivity index (χ1) is 6.55. The highest BCUT2D eigenvalue weighted by Crippen LogP contribution is 2.22. The van der Waals surface area contributed by atoms with E-state index in [1.807, 2.05) is 13.8 Å². The SMILES string of the molecule is CC(C)(CO)COc1cnccc1N. The topological polar surface area (TPSA) is 68.4 Å².